The second kappa shape index (κ2) is 12.1. The van der Waals surface area contributed by atoms with Crippen LogP contribution in [0, 0.1) is 5.41 Å². The van der Waals surface area contributed by atoms with Crippen LogP contribution in [-0.4, -0.2) is 90.0 Å². The second-order valence-corrected chi connectivity index (χ2v) is 10.4. The van der Waals surface area contributed by atoms with E-state index in [1.54, 1.807) is 65.0 Å². The average Bonchev–Trinajstić information content (AvgIpc) is 2.79. The molecule has 0 spiro atoms. The first-order valence-electron chi connectivity index (χ1n) is 11.8. The summed E-state index contributed by atoms with van der Waals surface area (Å²) >= 11 is 0. The van der Waals surface area contributed by atoms with Crippen LogP contribution in [-0.2, 0) is 19.1 Å². The lowest BCUT2D eigenvalue weighted by atomic mass is 9.81. The number of hydrogen-bond acceptors (Lipinski definition) is 8. The summed E-state index contributed by atoms with van der Waals surface area (Å²) in [5.41, 5.74) is -1.57. The Hall–Kier alpha value is -3.34. The van der Waals surface area contributed by atoms with Gasteiger partial charge in [-0.2, -0.15) is 0 Å². The summed E-state index contributed by atoms with van der Waals surface area (Å²) in [5.74, 6) is -1.44. The molecular formula is C25H37N3O8. The molecule has 0 aromatic heterocycles. The molecule has 0 radical (unpaired) electrons. The summed E-state index contributed by atoms with van der Waals surface area (Å²) in [6, 6.07) is 6.29. The molecule has 11 heteroatoms. The van der Waals surface area contributed by atoms with Gasteiger partial charge in [0.15, 0.2) is 0 Å². The van der Waals surface area contributed by atoms with E-state index in [1.807, 2.05) is 4.90 Å². The van der Waals surface area contributed by atoms with Crippen molar-refractivity contribution in [1.82, 2.24) is 15.1 Å². The Morgan fingerprint density at radius 3 is 2.28 bits per heavy atom. The van der Waals surface area contributed by atoms with Gasteiger partial charge in [-0.15, -0.1) is 0 Å². The number of piperazine rings is 1. The lowest BCUT2D eigenvalue weighted by Gasteiger charge is -2.41. The van der Waals surface area contributed by atoms with Crippen LogP contribution in [0.4, 0.5) is 9.59 Å². The van der Waals surface area contributed by atoms with Crippen LogP contribution >= 0.6 is 0 Å². The third-order valence-corrected chi connectivity index (χ3v) is 5.88. The maximum absolute atomic E-state index is 12.6. The highest BCUT2D eigenvalue weighted by Crippen LogP contribution is 2.27. The van der Waals surface area contributed by atoms with E-state index in [0.717, 1.165) is 0 Å². The number of ether oxygens (including phenoxy) is 3. The van der Waals surface area contributed by atoms with Crippen LogP contribution in [0.5, 0.6) is 5.75 Å². The van der Waals surface area contributed by atoms with Crippen molar-refractivity contribution in [2.75, 3.05) is 33.3 Å². The maximum Gasteiger partial charge on any atom is 0.413 e. The first kappa shape index (κ1) is 28.9. The molecule has 0 bridgehead atoms. The Morgan fingerprint density at radius 2 is 1.72 bits per heavy atom. The van der Waals surface area contributed by atoms with Gasteiger partial charge in [0.05, 0.1) is 7.11 Å². The highest BCUT2D eigenvalue weighted by molar-refractivity contribution is 5.82. The fraction of sp³-hybridized carbons (Fsp3) is 0.600. The van der Waals surface area contributed by atoms with Gasteiger partial charge in [-0.3, -0.25) is 9.80 Å². The van der Waals surface area contributed by atoms with Crippen molar-refractivity contribution in [3.05, 3.63) is 30.3 Å². The minimum atomic E-state index is -1.21. The standard InChI is InChI=1S/C25H37N3O8/c1-24(2,3)36-23(33)28-15-14-27(16-18(28)21(31)34-6)13-12-25(4,5)19(20(29)30)26-22(32)35-17-10-8-7-9-11-17/h7-11,18-19H,12-16H2,1-6H3,(H,26,32)(H,29,30)/t18-,19-/m0/s1. The van der Waals surface area contributed by atoms with Crippen LogP contribution in [0.2, 0.25) is 0 Å². The molecule has 1 saturated heterocycles. The number of rotatable bonds is 8. The molecule has 1 heterocycles. The second-order valence-electron chi connectivity index (χ2n) is 10.4. The van der Waals surface area contributed by atoms with E-state index in [2.05, 4.69) is 5.32 Å². The number of benzene rings is 1. The molecule has 1 aliphatic heterocycles. The SMILES string of the molecule is COC(=O)[C@@H]1CN(CCC(C)(C)[C@@H](NC(=O)Oc2ccccc2)C(=O)O)CCN1C(=O)OC(C)(C)C. The number of carbonyl (C=O) groups excluding carboxylic acids is 3. The topological polar surface area (TPSA) is 135 Å². The van der Waals surface area contributed by atoms with Gasteiger partial charge in [0.2, 0.25) is 0 Å². The monoisotopic (exact) mass is 507 g/mol. The summed E-state index contributed by atoms with van der Waals surface area (Å²) in [6.07, 6.45) is -1.07. The van der Waals surface area contributed by atoms with Crippen molar-refractivity contribution in [2.45, 2.75) is 58.7 Å². The fourth-order valence-electron chi connectivity index (χ4n) is 3.84. The van der Waals surface area contributed by atoms with Crippen LogP contribution in [0.25, 0.3) is 0 Å². The Balaban J connectivity index is 2.02. The Bertz CT molecular complexity index is 929. The number of hydrogen-bond donors (Lipinski definition) is 2. The largest absolute Gasteiger partial charge is 0.480 e. The van der Waals surface area contributed by atoms with E-state index < -0.39 is 47.2 Å². The lowest BCUT2D eigenvalue weighted by Crippen LogP contribution is -2.59. The van der Waals surface area contributed by atoms with E-state index in [1.165, 1.54) is 12.0 Å². The van der Waals surface area contributed by atoms with Gasteiger partial charge in [0.1, 0.15) is 23.4 Å². The van der Waals surface area contributed by atoms with Crippen LogP contribution in [0.3, 0.4) is 0 Å². The number of amides is 2. The number of nitrogens with one attached hydrogen (secondary N) is 1. The Morgan fingerprint density at radius 1 is 1.08 bits per heavy atom. The number of carboxylic acids is 1. The number of carbonyl (C=O) groups is 4. The molecule has 200 valence electrons. The third kappa shape index (κ3) is 8.40. The number of nitrogens with zero attached hydrogens (tertiary/aromatic N) is 2. The van der Waals surface area contributed by atoms with E-state index in [4.69, 9.17) is 14.2 Å². The molecule has 2 amide bonds. The van der Waals surface area contributed by atoms with Gasteiger partial charge < -0.3 is 24.6 Å². The zero-order chi connectivity index (χ0) is 27.1. The van der Waals surface area contributed by atoms with E-state index >= 15 is 0 Å². The molecule has 1 fully saturated rings. The summed E-state index contributed by atoms with van der Waals surface area (Å²) in [5, 5.41) is 12.2. The Labute approximate surface area is 211 Å². The number of methoxy groups -OCH3 is 1. The zero-order valence-corrected chi connectivity index (χ0v) is 21.8. The van der Waals surface area contributed by atoms with Crippen LogP contribution in [0.15, 0.2) is 30.3 Å². The van der Waals surface area contributed by atoms with Gasteiger partial charge >= 0.3 is 24.1 Å². The van der Waals surface area contributed by atoms with Crippen molar-refractivity contribution in [3.8, 4) is 5.75 Å². The first-order valence-corrected chi connectivity index (χ1v) is 11.8. The normalized spacial score (nSPS) is 17.6. The third-order valence-electron chi connectivity index (χ3n) is 5.88. The molecule has 0 unspecified atom stereocenters. The smallest absolute Gasteiger partial charge is 0.413 e. The number of carboxylic acid groups (broad SMARTS) is 1. The molecule has 11 nitrogen and oxygen atoms in total. The molecule has 1 aromatic rings. The molecule has 1 aromatic carbocycles. The van der Waals surface area contributed by atoms with Crippen LogP contribution in [0.1, 0.15) is 41.0 Å². The van der Waals surface area contributed by atoms with Crippen molar-refractivity contribution >= 4 is 24.1 Å². The van der Waals surface area contributed by atoms with Gasteiger partial charge in [-0.1, -0.05) is 32.0 Å². The van der Waals surface area contributed by atoms with Gasteiger partial charge in [0.25, 0.3) is 0 Å². The van der Waals surface area contributed by atoms with Crippen molar-refractivity contribution in [1.29, 1.82) is 0 Å². The zero-order valence-electron chi connectivity index (χ0n) is 21.8. The van der Waals surface area contributed by atoms with E-state index in [9.17, 15) is 24.3 Å². The minimum absolute atomic E-state index is 0.212. The molecule has 2 atom stereocenters. The molecule has 1 aliphatic rings. The number of esters is 1. The average molecular weight is 508 g/mol. The molecule has 2 N–H and O–H groups in total. The van der Waals surface area contributed by atoms with Gasteiger partial charge in [0, 0.05) is 19.6 Å². The fourth-order valence-corrected chi connectivity index (χ4v) is 3.84. The number of para-hydroxylation sites is 1. The maximum atomic E-state index is 12.6. The van der Waals surface area contributed by atoms with E-state index in [-0.39, 0.29) is 13.1 Å². The summed E-state index contributed by atoms with van der Waals surface area (Å²) in [6.45, 7) is 10.1. The predicted octanol–water partition coefficient (Wildman–Crippen LogP) is 2.74. The van der Waals surface area contributed by atoms with Crippen molar-refractivity contribution in [2.24, 2.45) is 5.41 Å². The highest BCUT2D eigenvalue weighted by atomic mass is 16.6. The Kier molecular flexibility index (Phi) is 9.69. The quantitative estimate of drug-likeness (QED) is 0.509. The van der Waals surface area contributed by atoms with Crippen LogP contribution < -0.4 is 10.1 Å². The molecule has 2 rings (SSSR count). The predicted molar refractivity (Wildman–Crippen MR) is 131 cm³/mol. The van der Waals surface area contributed by atoms with Gasteiger partial charge in [-0.05, 0) is 51.3 Å². The minimum Gasteiger partial charge on any atom is -0.480 e. The molecule has 0 saturated carbocycles. The summed E-state index contributed by atoms with van der Waals surface area (Å²) in [7, 11) is 1.26. The summed E-state index contributed by atoms with van der Waals surface area (Å²) < 4.78 is 15.5. The highest BCUT2D eigenvalue weighted by Gasteiger charge is 2.40. The molecular weight excluding hydrogens is 470 g/mol. The number of aliphatic carboxylic acids is 1. The van der Waals surface area contributed by atoms with E-state index in [0.29, 0.717) is 25.3 Å². The molecule has 0 aliphatic carbocycles. The molecule has 36 heavy (non-hydrogen) atoms. The van der Waals surface area contributed by atoms with Crippen molar-refractivity contribution in [3.63, 3.8) is 0 Å². The first-order chi connectivity index (χ1) is 16.7. The summed E-state index contributed by atoms with van der Waals surface area (Å²) in [4.78, 5) is 52.7. The van der Waals surface area contributed by atoms with Crippen molar-refractivity contribution < 1.29 is 38.5 Å². The van der Waals surface area contributed by atoms with Gasteiger partial charge in [-0.25, -0.2) is 19.2 Å². The lowest BCUT2D eigenvalue weighted by molar-refractivity contribution is -0.149.